The molecule has 0 aliphatic carbocycles. The van der Waals surface area contributed by atoms with Gasteiger partial charge in [-0.05, 0) is 24.3 Å². The molecule has 0 aliphatic heterocycles. The molecule has 0 aliphatic rings. The van der Waals surface area contributed by atoms with Crippen molar-refractivity contribution in [2.45, 2.75) is 20.8 Å². The lowest BCUT2D eigenvalue weighted by Crippen LogP contribution is -2.27. The molecule has 0 bridgehead atoms. The second-order valence-electron chi connectivity index (χ2n) is 6.67. The van der Waals surface area contributed by atoms with Crippen molar-refractivity contribution < 1.29 is 4.79 Å². The van der Waals surface area contributed by atoms with Crippen molar-refractivity contribution in [1.29, 1.82) is 0 Å². The van der Waals surface area contributed by atoms with E-state index in [9.17, 15) is 4.79 Å². The van der Waals surface area contributed by atoms with Crippen molar-refractivity contribution in [2.24, 2.45) is 5.41 Å². The fourth-order valence-corrected chi connectivity index (χ4v) is 2.29. The van der Waals surface area contributed by atoms with Crippen molar-refractivity contribution >= 4 is 22.5 Å². The lowest BCUT2D eigenvalue weighted by atomic mass is 9.95. The molecule has 3 nitrogen and oxygen atoms in total. The first-order valence-corrected chi connectivity index (χ1v) is 7.71. The number of carbonyl (C=O) groups excluding carboxylic acids is 1. The van der Waals surface area contributed by atoms with Gasteiger partial charge in [-0.2, -0.15) is 0 Å². The van der Waals surface area contributed by atoms with Crippen LogP contribution in [0.5, 0.6) is 0 Å². The number of benzene rings is 2. The first-order chi connectivity index (χ1) is 10.9. The van der Waals surface area contributed by atoms with Gasteiger partial charge in [-0.25, -0.2) is 4.98 Å². The largest absolute Gasteiger partial charge is 0.326 e. The molecule has 0 saturated heterocycles. The van der Waals surface area contributed by atoms with Gasteiger partial charge < -0.3 is 5.32 Å². The number of amides is 1. The van der Waals surface area contributed by atoms with Crippen LogP contribution in [0.2, 0.25) is 0 Å². The summed E-state index contributed by atoms with van der Waals surface area (Å²) in [6.07, 6.45) is 0. The normalized spacial score (nSPS) is 11.4. The monoisotopic (exact) mass is 304 g/mol. The highest BCUT2D eigenvalue weighted by molar-refractivity contribution is 5.96. The third-order valence-corrected chi connectivity index (χ3v) is 3.70. The molecule has 3 aromatic rings. The Morgan fingerprint density at radius 1 is 0.957 bits per heavy atom. The number of anilines is 1. The van der Waals surface area contributed by atoms with Crippen LogP contribution in [-0.4, -0.2) is 10.9 Å². The molecule has 0 spiro atoms. The van der Waals surface area contributed by atoms with E-state index in [0.717, 1.165) is 27.8 Å². The van der Waals surface area contributed by atoms with Gasteiger partial charge in [-0.15, -0.1) is 0 Å². The molecule has 1 heterocycles. The number of rotatable bonds is 2. The van der Waals surface area contributed by atoms with Gasteiger partial charge in [0.1, 0.15) is 0 Å². The van der Waals surface area contributed by atoms with E-state index in [1.54, 1.807) is 0 Å². The second kappa shape index (κ2) is 5.84. The highest BCUT2D eigenvalue weighted by Gasteiger charge is 2.21. The summed E-state index contributed by atoms with van der Waals surface area (Å²) < 4.78 is 0. The van der Waals surface area contributed by atoms with Crippen LogP contribution in [-0.2, 0) is 4.79 Å². The van der Waals surface area contributed by atoms with E-state index >= 15 is 0 Å². The predicted octanol–water partition coefficient (Wildman–Crippen LogP) is 4.89. The molecule has 0 radical (unpaired) electrons. The van der Waals surface area contributed by atoms with Crippen LogP contribution < -0.4 is 5.32 Å². The van der Waals surface area contributed by atoms with E-state index in [1.165, 1.54) is 0 Å². The van der Waals surface area contributed by atoms with Gasteiger partial charge in [-0.3, -0.25) is 4.79 Å². The van der Waals surface area contributed by atoms with Gasteiger partial charge in [0, 0.05) is 22.1 Å². The van der Waals surface area contributed by atoms with Crippen molar-refractivity contribution in [1.82, 2.24) is 4.98 Å². The van der Waals surface area contributed by atoms with Gasteiger partial charge in [-0.1, -0.05) is 57.2 Å². The van der Waals surface area contributed by atoms with Crippen LogP contribution >= 0.6 is 0 Å². The number of fused-ring (bicyclic) bond motifs is 1. The Kier molecular flexibility index (Phi) is 3.87. The minimum atomic E-state index is -0.412. The highest BCUT2D eigenvalue weighted by atomic mass is 16.2. The molecule has 1 N–H and O–H groups in total. The van der Waals surface area contributed by atoms with Gasteiger partial charge >= 0.3 is 0 Å². The maximum Gasteiger partial charge on any atom is 0.229 e. The van der Waals surface area contributed by atoms with E-state index < -0.39 is 5.41 Å². The lowest BCUT2D eigenvalue weighted by molar-refractivity contribution is -0.123. The van der Waals surface area contributed by atoms with Crippen LogP contribution in [0.4, 0.5) is 5.69 Å². The number of hydrogen-bond acceptors (Lipinski definition) is 2. The Morgan fingerprint density at radius 3 is 2.39 bits per heavy atom. The molecule has 1 aromatic heterocycles. The number of nitrogens with zero attached hydrogens (tertiary/aromatic N) is 1. The predicted molar refractivity (Wildman–Crippen MR) is 95.3 cm³/mol. The van der Waals surface area contributed by atoms with E-state index in [4.69, 9.17) is 4.98 Å². The highest BCUT2D eigenvalue weighted by Crippen LogP contribution is 2.24. The Labute approximate surface area is 136 Å². The molecule has 2 aromatic carbocycles. The zero-order chi connectivity index (χ0) is 16.4. The SMILES string of the molecule is CC(C)(C)C(=O)Nc1ccc2nc(-c3ccccc3)ccc2c1. The zero-order valence-electron chi connectivity index (χ0n) is 13.6. The average molecular weight is 304 g/mol. The van der Waals surface area contributed by atoms with Crippen LogP contribution in [0.3, 0.4) is 0 Å². The minimum Gasteiger partial charge on any atom is -0.326 e. The van der Waals surface area contributed by atoms with Gasteiger partial charge in [0.05, 0.1) is 11.2 Å². The summed E-state index contributed by atoms with van der Waals surface area (Å²) in [5.41, 5.74) is 3.35. The number of aromatic nitrogens is 1. The standard InChI is InChI=1S/C20H20N2O/c1-20(2,3)19(23)21-16-10-12-18-15(13-16)9-11-17(22-18)14-7-5-4-6-8-14/h4-13H,1-3H3,(H,21,23). The van der Waals surface area contributed by atoms with Crippen molar-refractivity contribution in [3.8, 4) is 11.3 Å². The zero-order valence-corrected chi connectivity index (χ0v) is 13.6. The molecule has 116 valence electrons. The quantitative estimate of drug-likeness (QED) is 0.732. The topological polar surface area (TPSA) is 42.0 Å². The van der Waals surface area contributed by atoms with Crippen LogP contribution in [0.25, 0.3) is 22.2 Å². The molecule has 1 amide bonds. The molecular formula is C20H20N2O. The Morgan fingerprint density at radius 2 is 1.70 bits per heavy atom. The summed E-state index contributed by atoms with van der Waals surface area (Å²) in [4.78, 5) is 16.8. The fourth-order valence-electron chi connectivity index (χ4n) is 2.29. The van der Waals surface area contributed by atoms with E-state index in [-0.39, 0.29) is 5.91 Å². The van der Waals surface area contributed by atoms with E-state index in [1.807, 2.05) is 81.4 Å². The first kappa shape index (κ1) is 15.2. The number of nitrogens with one attached hydrogen (secondary N) is 1. The summed E-state index contributed by atoms with van der Waals surface area (Å²) in [5.74, 6) is 0.00529. The molecular weight excluding hydrogens is 284 g/mol. The number of pyridine rings is 1. The summed E-state index contributed by atoms with van der Waals surface area (Å²) in [5, 5.41) is 3.96. The van der Waals surface area contributed by atoms with Crippen molar-refractivity contribution in [3.05, 3.63) is 60.7 Å². The molecule has 0 fully saturated rings. The molecule has 23 heavy (non-hydrogen) atoms. The summed E-state index contributed by atoms with van der Waals surface area (Å²) in [7, 11) is 0. The van der Waals surface area contributed by atoms with E-state index in [2.05, 4.69) is 5.32 Å². The van der Waals surface area contributed by atoms with Gasteiger partial charge in [0.15, 0.2) is 0 Å². The third kappa shape index (κ3) is 3.39. The number of carbonyl (C=O) groups is 1. The van der Waals surface area contributed by atoms with Crippen LogP contribution in [0.15, 0.2) is 60.7 Å². The maximum atomic E-state index is 12.1. The fraction of sp³-hybridized carbons (Fsp3) is 0.200. The van der Waals surface area contributed by atoms with Gasteiger partial charge in [0.2, 0.25) is 5.91 Å². The average Bonchev–Trinajstić information content (AvgIpc) is 2.54. The van der Waals surface area contributed by atoms with Crippen LogP contribution in [0, 0.1) is 5.41 Å². The molecule has 0 atom stereocenters. The van der Waals surface area contributed by atoms with Gasteiger partial charge in [0.25, 0.3) is 0 Å². The first-order valence-electron chi connectivity index (χ1n) is 7.71. The maximum absolute atomic E-state index is 12.1. The number of hydrogen-bond donors (Lipinski definition) is 1. The molecule has 0 saturated carbocycles. The summed E-state index contributed by atoms with van der Waals surface area (Å²) in [6.45, 7) is 5.70. The Bertz CT molecular complexity index is 848. The lowest BCUT2D eigenvalue weighted by Gasteiger charge is -2.17. The van der Waals surface area contributed by atoms with Crippen LogP contribution in [0.1, 0.15) is 20.8 Å². The summed E-state index contributed by atoms with van der Waals surface area (Å²) in [6, 6.07) is 19.9. The van der Waals surface area contributed by atoms with E-state index in [0.29, 0.717) is 0 Å². The molecule has 3 rings (SSSR count). The van der Waals surface area contributed by atoms with Crippen molar-refractivity contribution in [2.75, 3.05) is 5.32 Å². The molecule has 0 unspecified atom stereocenters. The third-order valence-electron chi connectivity index (χ3n) is 3.70. The molecule has 3 heteroatoms. The Hall–Kier alpha value is -2.68. The smallest absolute Gasteiger partial charge is 0.229 e. The summed E-state index contributed by atoms with van der Waals surface area (Å²) >= 11 is 0. The Balaban J connectivity index is 1.92. The minimum absolute atomic E-state index is 0.00529. The second-order valence-corrected chi connectivity index (χ2v) is 6.67. The van der Waals surface area contributed by atoms with Crippen molar-refractivity contribution in [3.63, 3.8) is 0 Å².